The fourth-order valence-corrected chi connectivity index (χ4v) is 5.49. The molecular formula is C30H37ClF2N6O3. The van der Waals surface area contributed by atoms with Crippen molar-refractivity contribution in [2.75, 3.05) is 46.4 Å². The molecular weight excluding hydrogens is 566 g/mol. The molecule has 3 heterocycles. The molecule has 0 aliphatic carbocycles. The van der Waals surface area contributed by atoms with Crippen LogP contribution < -0.4 is 16.0 Å². The first-order valence-electron chi connectivity index (χ1n) is 14.1. The number of hydrogen-bond donors (Lipinski definition) is 3. The van der Waals surface area contributed by atoms with E-state index >= 15 is 0 Å². The van der Waals surface area contributed by atoms with E-state index in [1.807, 2.05) is 39.1 Å². The van der Waals surface area contributed by atoms with Crippen LogP contribution in [0.25, 0.3) is 0 Å². The number of nitrogens with zero attached hydrogens (tertiary/aromatic N) is 3. The number of alkyl halides is 2. The van der Waals surface area contributed by atoms with Gasteiger partial charge in [0.2, 0.25) is 0 Å². The fraction of sp³-hybridized carbons (Fsp3) is 0.433. The molecule has 9 nitrogen and oxygen atoms in total. The highest BCUT2D eigenvalue weighted by Crippen LogP contribution is 2.34. The topological polar surface area (TPSA) is 98.8 Å². The van der Waals surface area contributed by atoms with Crippen LogP contribution in [0, 0.1) is 0 Å². The van der Waals surface area contributed by atoms with Gasteiger partial charge in [-0.25, -0.2) is 8.78 Å². The lowest BCUT2D eigenvalue weighted by molar-refractivity contribution is -0.119. The number of nitrogens with one attached hydrogen (secondary N) is 3. The van der Waals surface area contributed by atoms with E-state index in [9.17, 15) is 18.4 Å². The molecule has 4 rings (SSSR count). The van der Waals surface area contributed by atoms with E-state index in [2.05, 4.69) is 25.8 Å². The van der Waals surface area contributed by atoms with Crippen molar-refractivity contribution in [3.63, 3.8) is 0 Å². The normalized spacial score (nSPS) is 20.6. The summed E-state index contributed by atoms with van der Waals surface area (Å²) in [5, 5.41) is 9.50. The van der Waals surface area contributed by atoms with Crippen LogP contribution in [0.3, 0.4) is 0 Å². The summed E-state index contributed by atoms with van der Waals surface area (Å²) < 4.78 is 33.7. The highest BCUT2D eigenvalue weighted by Gasteiger charge is 2.40. The zero-order valence-electron chi connectivity index (χ0n) is 24.0. The summed E-state index contributed by atoms with van der Waals surface area (Å²) >= 11 is 5.93. The van der Waals surface area contributed by atoms with Gasteiger partial charge in [-0.2, -0.15) is 0 Å². The first kappa shape index (κ1) is 31.4. The van der Waals surface area contributed by atoms with E-state index in [-0.39, 0.29) is 34.6 Å². The number of aromatic nitrogens is 1. The monoisotopic (exact) mass is 602 g/mol. The molecule has 1 unspecified atom stereocenters. The van der Waals surface area contributed by atoms with Gasteiger partial charge >= 0.3 is 0 Å². The average molecular weight is 603 g/mol. The Kier molecular flexibility index (Phi) is 10.5. The summed E-state index contributed by atoms with van der Waals surface area (Å²) in [4.78, 5) is 34.9. The van der Waals surface area contributed by atoms with Gasteiger partial charge in [-0.05, 0) is 56.8 Å². The summed E-state index contributed by atoms with van der Waals surface area (Å²) in [6, 6.07) is 7.46. The highest BCUT2D eigenvalue weighted by molar-refractivity contribution is 6.30. The minimum absolute atomic E-state index is 0.0567. The number of benzene rings is 1. The van der Waals surface area contributed by atoms with E-state index in [0.29, 0.717) is 50.6 Å². The maximum absolute atomic E-state index is 13.7. The molecule has 3 N–H and O–H groups in total. The summed E-state index contributed by atoms with van der Waals surface area (Å²) in [5.74, 6) is -0.767. The van der Waals surface area contributed by atoms with Crippen molar-refractivity contribution in [2.45, 2.75) is 38.5 Å². The Labute approximate surface area is 249 Å². The molecule has 2 amide bonds. The van der Waals surface area contributed by atoms with Gasteiger partial charge in [0.05, 0.1) is 5.70 Å². The van der Waals surface area contributed by atoms with Crippen molar-refractivity contribution >= 4 is 23.4 Å². The first-order valence-corrected chi connectivity index (χ1v) is 14.4. The lowest BCUT2D eigenvalue weighted by Crippen LogP contribution is -2.56. The molecule has 2 aliphatic heterocycles. The summed E-state index contributed by atoms with van der Waals surface area (Å²) in [6.45, 7) is 6.23. The van der Waals surface area contributed by atoms with Crippen LogP contribution in [0.5, 0.6) is 0 Å². The van der Waals surface area contributed by atoms with Crippen molar-refractivity contribution in [1.82, 2.24) is 30.7 Å². The highest BCUT2D eigenvalue weighted by atomic mass is 35.5. The van der Waals surface area contributed by atoms with Gasteiger partial charge in [0.1, 0.15) is 5.70 Å². The molecule has 226 valence electrons. The predicted octanol–water partition coefficient (Wildman–Crippen LogP) is 3.81. The number of likely N-dealkylation sites (N-methyl/N-ethyl adjacent to an activating group) is 1. The van der Waals surface area contributed by atoms with Crippen LogP contribution >= 0.6 is 11.6 Å². The number of hydrogen-bond acceptors (Lipinski definition) is 7. The van der Waals surface area contributed by atoms with E-state index in [4.69, 9.17) is 16.3 Å². The van der Waals surface area contributed by atoms with Crippen molar-refractivity contribution in [3.8, 4) is 0 Å². The van der Waals surface area contributed by atoms with Gasteiger partial charge in [0.25, 0.3) is 18.2 Å². The number of ether oxygens (including phenoxy) is 1. The third-order valence-electron chi connectivity index (χ3n) is 7.42. The van der Waals surface area contributed by atoms with Crippen LogP contribution in [0.15, 0.2) is 66.3 Å². The predicted molar refractivity (Wildman–Crippen MR) is 157 cm³/mol. The zero-order chi connectivity index (χ0) is 30.3. The molecule has 2 aliphatic rings. The number of allylic oxidation sites excluding steroid dienone is 1. The largest absolute Gasteiger partial charge is 0.363 e. The molecule has 2 aromatic rings. The van der Waals surface area contributed by atoms with Crippen molar-refractivity contribution in [1.29, 1.82) is 0 Å². The van der Waals surface area contributed by atoms with Gasteiger partial charge in [-0.15, -0.1) is 0 Å². The Morgan fingerprint density at radius 2 is 2.05 bits per heavy atom. The number of rotatable bonds is 11. The first-order chi connectivity index (χ1) is 20.2. The van der Waals surface area contributed by atoms with Crippen molar-refractivity contribution in [2.24, 2.45) is 0 Å². The third-order valence-corrected chi connectivity index (χ3v) is 7.66. The van der Waals surface area contributed by atoms with E-state index in [1.165, 1.54) is 12.1 Å². The molecule has 1 aromatic heterocycles. The minimum atomic E-state index is -2.83. The second kappa shape index (κ2) is 14.1. The van der Waals surface area contributed by atoms with E-state index in [0.717, 1.165) is 11.6 Å². The Morgan fingerprint density at radius 1 is 1.24 bits per heavy atom. The van der Waals surface area contributed by atoms with Crippen molar-refractivity contribution < 1.29 is 23.1 Å². The quantitative estimate of drug-likeness (QED) is 0.337. The number of pyridine rings is 1. The van der Waals surface area contributed by atoms with Gasteiger partial charge in [0.15, 0.2) is 5.72 Å². The molecule has 42 heavy (non-hydrogen) atoms. The molecule has 0 radical (unpaired) electrons. The van der Waals surface area contributed by atoms with Gasteiger partial charge in [-0.1, -0.05) is 24.6 Å². The number of piperazine rings is 1. The lowest BCUT2D eigenvalue weighted by atomic mass is 9.97. The molecule has 1 saturated heterocycles. The summed E-state index contributed by atoms with van der Waals surface area (Å²) in [6.07, 6.45) is 4.93. The number of amides is 2. The van der Waals surface area contributed by atoms with Crippen LogP contribution in [0.1, 0.15) is 48.2 Å². The molecule has 12 heteroatoms. The molecule has 1 aromatic carbocycles. The molecule has 0 bridgehead atoms. The summed E-state index contributed by atoms with van der Waals surface area (Å²) in [7, 11) is 1.81. The Hall–Kier alpha value is -3.54. The number of halogens is 3. The van der Waals surface area contributed by atoms with E-state index in [1.54, 1.807) is 23.4 Å². The fourth-order valence-electron chi connectivity index (χ4n) is 5.30. The average Bonchev–Trinajstić information content (AvgIpc) is 3.01. The minimum Gasteiger partial charge on any atom is -0.363 e. The lowest BCUT2D eigenvalue weighted by Gasteiger charge is -2.46. The molecule has 2 atom stereocenters. The molecule has 0 saturated carbocycles. The van der Waals surface area contributed by atoms with Crippen LogP contribution in [0.2, 0.25) is 5.02 Å². The van der Waals surface area contributed by atoms with Crippen molar-refractivity contribution in [3.05, 3.63) is 88.0 Å². The SMILES string of the molecule is CCOC1(c2cccnc2)C=CC(N2CCN(C(=O)c3ccc(Cl)cc3C(F)F)C[C@H]2CC)=C(C(=O)NCCNC)N1. The second-order valence-corrected chi connectivity index (χ2v) is 10.5. The van der Waals surface area contributed by atoms with Gasteiger partial charge < -0.3 is 30.5 Å². The molecule has 1 fully saturated rings. The number of carbonyl (C=O) groups excluding carboxylic acids is 2. The Bertz CT molecular complexity index is 1330. The van der Waals surface area contributed by atoms with Crippen LogP contribution in [0.4, 0.5) is 8.78 Å². The van der Waals surface area contributed by atoms with Crippen LogP contribution in [-0.2, 0) is 15.3 Å². The van der Waals surface area contributed by atoms with Crippen LogP contribution in [-0.4, -0.2) is 79.0 Å². The Morgan fingerprint density at radius 3 is 2.71 bits per heavy atom. The van der Waals surface area contributed by atoms with E-state index < -0.39 is 18.1 Å². The third kappa shape index (κ3) is 6.74. The molecule has 0 spiro atoms. The van der Waals surface area contributed by atoms with Gasteiger partial charge in [0, 0.05) is 79.5 Å². The maximum Gasteiger partial charge on any atom is 0.269 e. The Balaban J connectivity index is 1.65. The zero-order valence-corrected chi connectivity index (χ0v) is 24.8. The number of carbonyl (C=O) groups is 2. The summed E-state index contributed by atoms with van der Waals surface area (Å²) in [5.41, 5.74) is 0.189. The number of dihydropyridines is 1. The van der Waals surface area contributed by atoms with Gasteiger partial charge in [-0.3, -0.25) is 14.6 Å². The smallest absolute Gasteiger partial charge is 0.269 e. The maximum atomic E-state index is 13.7. The standard InChI is InChI=1S/C30H37ClF2N6O3/c1-4-22-19-38(29(41)23-9-8-21(31)17-24(23)27(32)33)15-16-39(22)25-10-11-30(42-5-2,20-7-6-12-35-18-20)37-26(25)28(40)36-14-13-34-3/h6-12,17-18,22,27,34,37H,4-5,13-16,19H2,1-3H3,(H,36,40)/t22-,30?/m1/s1. The second-order valence-electron chi connectivity index (χ2n) is 10.0.